The van der Waals surface area contributed by atoms with Gasteiger partial charge in [0.15, 0.2) is 5.82 Å². The summed E-state index contributed by atoms with van der Waals surface area (Å²) in [4.78, 5) is 7.86. The largest absolute Gasteiger partial charge is 0.396 e. The first kappa shape index (κ1) is 13.1. The highest BCUT2D eigenvalue weighted by atomic mass is 35.5. The van der Waals surface area contributed by atoms with E-state index in [1.807, 2.05) is 13.8 Å². The van der Waals surface area contributed by atoms with Gasteiger partial charge in [-0.3, -0.25) is 0 Å². The highest BCUT2D eigenvalue weighted by Gasteiger charge is 2.30. The minimum Gasteiger partial charge on any atom is -0.216 e. The second kappa shape index (κ2) is 4.38. The van der Waals surface area contributed by atoms with E-state index in [1.165, 1.54) is 0 Å². The molecule has 4 nitrogen and oxygen atoms in total. The number of nitrogens with zero attached hydrogens (tertiary/aromatic N) is 4. The highest BCUT2D eigenvalue weighted by molar-refractivity contribution is 6.29. The van der Waals surface area contributed by atoms with Crippen LogP contribution in [0.15, 0.2) is 6.07 Å². The molecule has 2 aromatic rings. The Balaban J connectivity index is 2.48. The molecule has 2 aromatic heterocycles. The Morgan fingerprint density at radius 2 is 2.00 bits per heavy atom. The van der Waals surface area contributed by atoms with Gasteiger partial charge < -0.3 is 0 Å². The third-order valence-electron chi connectivity index (χ3n) is 2.28. The van der Waals surface area contributed by atoms with E-state index in [9.17, 15) is 13.2 Å². The summed E-state index contributed by atoms with van der Waals surface area (Å²) < 4.78 is 37.8. The van der Waals surface area contributed by atoms with Crippen molar-refractivity contribution in [1.29, 1.82) is 0 Å². The average molecular weight is 279 g/mol. The zero-order valence-corrected chi connectivity index (χ0v) is 10.4. The molecule has 0 radical (unpaired) electrons. The molecule has 0 aliphatic rings. The zero-order chi connectivity index (χ0) is 13.5. The van der Waals surface area contributed by atoms with Gasteiger partial charge in [-0.05, 0) is 12.0 Å². The minimum atomic E-state index is -4.35. The Labute approximate surface area is 106 Å². The lowest BCUT2D eigenvalue weighted by Gasteiger charge is -2.04. The molecule has 0 saturated carbocycles. The van der Waals surface area contributed by atoms with Crippen LogP contribution in [0.1, 0.15) is 31.3 Å². The predicted molar refractivity (Wildman–Crippen MR) is 59.6 cm³/mol. The summed E-state index contributed by atoms with van der Waals surface area (Å²) in [5, 5.41) is 3.89. The van der Waals surface area contributed by atoms with Crippen LogP contribution in [0.5, 0.6) is 0 Å². The first-order chi connectivity index (χ1) is 8.26. The predicted octanol–water partition coefficient (Wildman–Crippen LogP) is 3.01. The van der Waals surface area contributed by atoms with Crippen LogP contribution in [0.3, 0.4) is 0 Å². The fraction of sp³-hybridized carbons (Fsp3) is 0.500. The molecule has 0 aromatic carbocycles. The van der Waals surface area contributed by atoms with Gasteiger partial charge in [0.1, 0.15) is 11.6 Å². The molecule has 0 atom stereocenters. The molecule has 0 spiro atoms. The van der Waals surface area contributed by atoms with Crippen molar-refractivity contribution < 1.29 is 13.2 Å². The lowest BCUT2D eigenvalue weighted by molar-refractivity contribution is -0.128. The third kappa shape index (κ3) is 2.72. The van der Waals surface area contributed by atoms with Gasteiger partial charge >= 0.3 is 6.18 Å². The van der Waals surface area contributed by atoms with E-state index in [1.54, 1.807) is 6.07 Å². The Morgan fingerprint density at radius 3 is 2.56 bits per heavy atom. The van der Waals surface area contributed by atoms with E-state index in [0.29, 0.717) is 5.69 Å². The Hall–Kier alpha value is -1.37. The molecule has 0 N–H and O–H groups in total. The molecule has 0 unspecified atom stereocenters. The lowest BCUT2D eigenvalue weighted by Crippen LogP contribution is -2.12. The standard InChI is InChI=1S/C10H10ClF3N4/c1-5(2)6-3-7(11)18-9(15-6)16-8(17-18)4-10(12,13)14/h3,5H,4H2,1-2H3. The van der Waals surface area contributed by atoms with Crippen molar-refractivity contribution in [2.24, 2.45) is 0 Å². The number of alkyl halides is 3. The van der Waals surface area contributed by atoms with Crippen molar-refractivity contribution in [3.63, 3.8) is 0 Å². The number of fused-ring (bicyclic) bond motifs is 1. The van der Waals surface area contributed by atoms with Crippen LogP contribution in [-0.2, 0) is 6.42 Å². The summed E-state index contributed by atoms with van der Waals surface area (Å²) in [6, 6.07) is 1.57. The molecule has 2 rings (SSSR count). The van der Waals surface area contributed by atoms with Crippen molar-refractivity contribution in [3.8, 4) is 0 Å². The maximum Gasteiger partial charge on any atom is 0.396 e. The Kier molecular flexibility index (Phi) is 3.18. The SMILES string of the molecule is CC(C)c1cc(Cl)n2nc(CC(F)(F)F)nc2n1. The van der Waals surface area contributed by atoms with E-state index in [2.05, 4.69) is 15.1 Å². The second-order valence-electron chi connectivity index (χ2n) is 4.19. The van der Waals surface area contributed by atoms with Gasteiger partial charge in [0.05, 0.1) is 5.69 Å². The summed E-state index contributed by atoms with van der Waals surface area (Å²) in [6.45, 7) is 3.81. The van der Waals surface area contributed by atoms with Crippen molar-refractivity contribution >= 4 is 17.4 Å². The maximum atomic E-state index is 12.2. The summed E-state index contributed by atoms with van der Waals surface area (Å²) in [6.07, 6.45) is -5.54. The van der Waals surface area contributed by atoms with Crippen LogP contribution in [0.25, 0.3) is 5.78 Å². The number of hydrogen-bond acceptors (Lipinski definition) is 3. The normalized spacial score (nSPS) is 12.6. The van der Waals surface area contributed by atoms with Gasteiger partial charge in [-0.1, -0.05) is 25.4 Å². The zero-order valence-electron chi connectivity index (χ0n) is 9.66. The molecule has 18 heavy (non-hydrogen) atoms. The minimum absolute atomic E-state index is 0.0884. The molecule has 0 aliphatic heterocycles. The summed E-state index contributed by atoms with van der Waals surface area (Å²) >= 11 is 5.93. The highest BCUT2D eigenvalue weighted by Crippen LogP contribution is 2.22. The second-order valence-corrected chi connectivity index (χ2v) is 4.58. The van der Waals surface area contributed by atoms with E-state index >= 15 is 0 Å². The van der Waals surface area contributed by atoms with Gasteiger partial charge in [0.25, 0.3) is 5.78 Å². The molecule has 0 fully saturated rings. The quantitative estimate of drug-likeness (QED) is 0.793. The molecule has 0 saturated heterocycles. The Bertz CT molecular complexity index is 576. The number of aromatic nitrogens is 4. The first-order valence-corrected chi connectivity index (χ1v) is 5.63. The first-order valence-electron chi connectivity index (χ1n) is 5.25. The van der Waals surface area contributed by atoms with Crippen molar-refractivity contribution in [2.45, 2.75) is 32.4 Å². The average Bonchev–Trinajstić information content (AvgIpc) is 2.57. The van der Waals surface area contributed by atoms with Crippen LogP contribution in [0.2, 0.25) is 5.15 Å². The fourth-order valence-electron chi connectivity index (χ4n) is 1.44. The molecule has 2 heterocycles. The monoisotopic (exact) mass is 278 g/mol. The smallest absolute Gasteiger partial charge is 0.216 e. The van der Waals surface area contributed by atoms with Crippen LogP contribution in [-0.4, -0.2) is 25.8 Å². The summed E-state index contributed by atoms with van der Waals surface area (Å²) in [5.74, 6) is -0.140. The van der Waals surface area contributed by atoms with Crippen LogP contribution < -0.4 is 0 Å². The van der Waals surface area contributed by atoms with Gasteiger partial charge in [-0.15, -0.1) is 5.10 Å². The number of hydrogen-bond donors (Lipinski definition) is 0. The molecule has 8 heteroatoms. The molecule has 0 aliphatic carbocycles. The molecular formula is C10H10ClF3N4. The van der Waals surface area contributed by atoms with Crippen LogP contribution in [0.4, 0.5) is 13.2 Å². The summed E-state index contributed by atoms with van der Waals surface area (Å²) in [7, 11) is 0. The van der Waals surface area contributed by atoms with Crippen molar-refractivity contribution in [1.82, 2.24) is 19.6 Å². The van der Waals surface area contributed by atoms with Gasteiger partial charge in [0, 0.05) is 0 Å². The topological polar surface area (TPSA) is 43.1 Å². The van der Waals surface area contributed by atoms with Crippen molar-refractivity contribution in [3.05, 3.63) is 22.7 Å². The van der Waals surface area contributed by atoms with Crippen LogP contribution >= 0.6 is 11.6 Å². The van der Waals surface area contributed by atoms with E-state index in [-0.39, 0.29) is 22.7 Å². The molecule has 0 bridgehead atoms. The number of halogens is 4. The van der Waals surface area contributed by atoms with Crippen LogP contribution in [0, 0.1) is 0 Å². The number of rotatable bonds is 2. The lowest BCUT2D eigenvalue weighted by atomic mass is 10.1. The molecule has 0 amide bonds. The van der Waals surface area contributed by atoms with E-state index < -0.39 is 12.6 Å². The molecular weight excluding hydrogens is 269 g/mol. The van der Waals surface area contributed by atoms with Crippen molar-refractivity contribution in [2.75, 3.05) is 0 Å². The van der Waals surface area contributed by atoms with Gasteiger partial charge in [0.2, 0.25) is 0 Å². The van der Waals surface area contributed by atoms with Gasteiger partial charge in [-0.25, -0.2) is 4.98 Å². The van der Waals surface area contributed by atoms with Gasteiger partial charge in [-0.2, -0.15) is 22.7 Å². The molecule has 98 valence electrons. The van der Waals surface area contributed by atoms with E-state index in [0.717, 1.165) is 4.52 Å². The Morgan fingerprint density at radius 1 is 1.33 bits per heavy atom. The maximum absolute atomic E-state index is 12.2. The van der Waals surface area contributed by atoms with E-state index in [4.69, 9.17) is 11.6 Å². The third-order valence-corrected chi connectivity index (χ3v) is 2.55. The fourth-order valence-corrected chi connectivity index (χ4v) is 1.67. The summed E-state index contributed by atoms with van der Waals surface area (Å²) in [5.41, 5.74) is 0.665.